The first-order valence-electron chi connectivity index (χ1n) is 5.34. The molecular formula is C14H11ClN2O. The van der Waals surface area contributed by atoms with Crippen LogP contribution in [0.5, 0.6) is 11.5 Å². The molecule has 0 unspecified atom stereocenters. The SMILES string of the molecule is Cc1ccc(N)cc1Oc1cc(Cl)ccc1C#N. The van der Waals surface area contributed by atoms with Crippen molar-refractivity contribution in [1.82, 2.24) is 0 Å². The molecule has 0 heterocycles. The van der Waals surface area contributed by atoms with E-state index in [-0.39, 0.29) is 0 Å². The molecule has 4 heteroatoms. The van der Waals surface area contributed by atoms with Gasteiger partial charge in [0, 0.05) is 22.8 Å². The highest BCUT2D eigenvalue weighted by Gasteiger charge is 2.08. The first-order chi connectivity index (χ1) is 8.60. The van der Waals surface area contributed by atoms with Gasteiger partial charge in [-0.25, -0.2) is 0 Å². The number of nitrogens with two attached hydrogens (primary N) is 1. The molecular weight excluding hydrogens is 248 g/mol. The van der Waals surface area contributed by atoms with E-state index in [0.717, 1.165) is 5.56 Å². The second-order valence-electron chi connectivity index (χ2n) is 3.88. The van der Waals surface area contributed by atoms with Crippen LogP contribution >= 0.6 is 11.6 Å². The number of aryl methyl sites for hydroxylation is 1. The minimum Gasteiger partial charge on any atom is -0.456 e. The molecule has 2 aromatic rings. The summed E-state index contributed by atoms with van der Waals surface area (Å²) in [5, 5.41) is 9.53. The quantitative estimate of drug-likeness (QED) is 0.831. The summed E-state index contributed by atoms with van der Waals surface area (Å²) in [7, 11) is 0. The van der Waals surface area contributed by atoms with Crippen molar-refractivity contribution in [1.29, 1.82) is 5.26 Å². The Morgan fingerprint density at radius 1 is 1.17 bits per heavy atom. The maximum Gasteiger partial charge on any atom is 0.146 e. The summed E-state index contributed by atoms with van der Waals surface area (Å²) in [4.78, 5) is 0. The first kappa shape index (κ1) is 12.3. The Kier molecular flexibility index (Phi) is 3.40. The van der Waals surface area contributed by atoms with E-state index in [0.29, 0.717) is 27.8 Å². The second kappa shape index (κ2) is 4.99. The fraction of sp³-hybridized carbons (Fsp3) is 0.0714. The van der Waals surface area contributed by atoms with E-state index in [1.165, 1.54) is 0 Å². The molecule has 0 radical (unpaired) electrons. The summed E-state index contributed by atoms with van der Waals surface area (Å²) in [6.07, 6.45) is 0. The van der Waals surface area contributed by atoms with Gasteiger partial charge in [-0.05, 0) is 30.7 Å². The summed E-state index contributed by atoms with van der Waals surface area (Å²) in [5.74, 6) is 1.05. The molecule has 0 aromatic heterocycles. The first-order valence-corrected chi connectivity index (χ1v) is 5.71. The van der Waals surface area contributed by atoms with Crippen molar-refractivity contribution >= 4 is 17.3 Å². The molecule has 0 aliphatic carbocycles. The number of nitrogens with zero attached hydrogens (tertiary/aromatic N) is 1. The number of halogens is 1. The van der Waals surface area contributed by atoms with E-state index in [4.69, 9.17) is 27.3 Å². The Hall–Kier alpha value is -2.18. The zero-order chi connectivity index (χ0) is 13.1. The van der Waals surface area contributed by atoms with Crippen LogP contribution in [0.15, 0.2) is 36.4 Å². The largest absolute Gasteiger partial charge is 0.456 e. The highest BCUT2D eigenvalue weighted by Crippen LogP contribution is 2.31. The van der Waals surface area contributed by atoms with Gasteiger partial charge in [-0.15, -0.1) is 0 Å². The van der Waals surface area contributed by atoms with Gasteiger partial charge >= 0.3 is 0 Å². The van der Waals surface area contributed by atoms with Crippen LogP contribution in [0.1, 0.15) is 11.1 Å². The number of nitrogen functional groups attached to an aromatic ring is 1. The van der Waals surface area contributed by atoms with Crippen molar-refractivity contribution in [2.45, 2.75) is 6.92 Å². The topological polar surface area (TPSA) is 59.0 Å². The molecule has 2 rings (SSSR count). The van der Waals surface area contributed by atoms with Crippen LogP contribution in [-0.2, 0) is 0 Å². The van der Waals surface area contributed by atoms with Gasteiger partial charge in [-0.1, -0.05) is 17.7 Å². The lowest BCUT2D eigenvalue weighted by molar-refractivity contribution is 0.477. The van der Waals surface area contributed by atoms with E-state index in [1.807, 2.05) is 13.0 Å². The minimum absolute atomic E-state index is 0.429. The highest BCUT2D eigenvalue weighted by atomic mass is 35.5. The standard InChI is InChI=1S/C14H11ClN2O/c1-9-2-5-12(17)7-13(9)18-14-6-11(15)4-3-10(14)8-16/h2-7H,17H2,1H3. The highest BCUT2D eigenvalue weighted by molar-refractivity contribution is 6.30. The number of hydrogen-bond donors (Lipinski definition) is 1. The molecule has 0 bridgehead atoms. The average Bonchev–Trinajstić information content (AvgIpc) is 2.34. The maximum atomic E-state index is 9.01. The lowest BCUT2D eigenvalue weighted by atomic mass is 10.2. The van der Waals surface area contributed by atoms with Gasteiger partial charge in [-0.2, -0.15) is 5.26 Å². The average molecular weight is 259 g/mol. The van der Waals surface area contributed by atoms with Crippen molar-refractivity contribution < 1.29 is 4.74 Å². The smallest absolute Gasteiger partial charge is 0.146 e. The van der Waals surface area contributed by atoms with E-state index in [1.54, 1.807) is 30.3 Å². The third-order valence-electron chi connectivity index (χ3n) is 2.50. The summed E-state index contributed by atoms with van der Waals surface area (Å²) in [6.45, 7) is 1.91. The summed E-state index contributed by atoms with van der Waals surface area (Å²) in [6, 6.07) is 12.3. The zero-order valence-electron chi connectivity index (χ0n) is 9.77. The third kappa shape index (κ3) is 2.55. The van der Waals surface area contributed by atoms with Crippen LogP contribution in [0.3, 0.4) is 0 Å². The van der Waals surface area contributed by atoms with E-state index >= 15 is 0 Å². The lowest BCUT2D eigenvalue weighted by Crippen LogP contribution is -1.93. The van der Waals surface area contributed by atoms with Crippen LogP contribution in [-0.4, -0.2) is 0 Å². The monoisotopic (exact) mass is 258 g/mol. The van der Waals surface area contributed by atoms with Crippen LogP contribution in [0.25, 0.3) is 0 Å². The van der Waals surface area contributed by atoms with Gasteiger partial charge in [0.15, 0.2) is 0 Å². The van der Waals surface area contributed by atoms with Crippen LogP contribution in [0.2, 0.25) is 5.02 Å². The zero-order valence-corrected chi connectivity index (χ0v) is 10.5. The summed E-state index contributed by atoms with van der Waals surface area (Å²) < 4.78 is 5.71. The normalized spacial score (nSPS) is 9.83. The number of anilines is 1. The Bertz CT molecular complexity index is 632. The fourth-order valence-electron chi connectivity index (χ4n) is 1.52. The molecule has 18 heavy (non-hydrogen) atoms. The molecule has 2 N–H and O–H groups in total. The molecule has 0 saturated heterocycles. The number of rotatable bonds is 2. The Morgan fingerprint density at radius 2 is 1.94 bits per heavy atom. The van der Waals surface area contributed by atoms with Crippen molar-refractivity contribution in [3.63, 3.8) is 0 Å². The summed E-state index contributed by atoms with van der Waals surface area (Å²) in [5.41, 5.74) is 7.69. The van der Waals surface area contributed by atoms with Crippen molar-refractivity contribution in [3.8, 4) is 17.6 Å². The molecule has 0 aliphatic rings. The molecule has 3 nitrogen and oxygen atoms in total. The van der Waals surface area contributed by atoms with Gasteiger partial charge in [0.05, 0.1) is 5.56 Å². The fourth-order valence-corrected chi connectivity index (χ4v) is 1.68. The van der Waals surface area contributed by atoms with Gasteiger partial charge in [0.25, 0.3) is 0 Å². The summed E-state index contributed by atoms with van der Waals surface area (Å²) >= 11 is 5.90. The van der Waals surface area contributed by atoms with Gasteiger partial charge < -0.3 is 10.5 Å². The Labute approximate surface area is 110 Å². The molecule has 90 valence electrons. The molecule has 0 amide bonds. The predicted molar refractivity (Wildman–Crippen MR) is 71.8 cm³/mol. The molecule has 0 saturated carbocycles. The maximum absolute atomic E-state index is 9.01. The molecule has 2 aromatic carbocycles. The van der Waals surface area contributed by atoms with Crippen molar-refractivity contribution in [2.24, 2.45) is 0 Å². The van der Waals surface area contributed by atoms with E-state index < -0.39 is 0 Å². The van der Waals surface area contributed by atoms with Crippen LogP contribution in [0, 0.1) is 18.3 Å². The van der Waals surface area contributed by atoms with E-state index in [2.05, 4.69) is 6.07 Å². The third-order valence-corrected chi connectivity index (χ3v) is 2.73. The molecule has 0 spiro atoms. The number of hydrogen-bond acceptors (Lipinski definition) is 3. The number of nitriles is 1. The molecule has 0 fully saturated rings. The predicted octanol–water partition coefficient (Wildman–Crippen LogP) is 3.89. The second-order valence-corrected chi connectivity index (χ2v) is 4.32. The Balaban J connectivity index is 2.43. The van der Waals surface area contributed by atoms with Gasteiger partial charge in [0.1, 0.15) is 17.6 Å². The lowest BCUT2D eigenvalue weighted by Gasteiger charge is -2.10. The molecule has 0 aliphatic heterocycles. The minimum atomic E-state index is 0.429. The Morgan fingerprint density at radius 3 is 2.67 bits per heavy atom. The molecule has 0 atom stereocenters. The van der Waals surface area contributed by atoms with Crippen LogP contribution in [0.4, 0.5) is 5.69 Å². The van der Waals surface area contributed by atoms with Gasteiger partial charge in [-0.3, -0.25) is 0 Å². The van der Waals surface area contributed by atoms with Crippen molar-refractivity contribution in [3.05, 3.63) is 52.5 Å². The van der Waals surface area contributed by atoms with Gasteiger partial charge in [0.2, 0.25) is 0 Å². The number of benzene rings is 2. The number of ether oxygens (including phenoxy) is 1. The van der Waals surface area contributed by atoms with Crippen LogP contribution < -0.4 is 10.5 Å². The van der Waals surface area contributed by atoms with Crippen molar-refractivity contribution in [2.75, 3.05) is 5.73 Å². The van der Waals surface area contributed by atoms with E-state index in [9.17, 15) is 0 Å².